The monoisotopic (exact) mass is 555 g/mol. The van der Waals surface area contributed by atoms with E-state index < -0.39 is 11.8 Å². The first-order valence-electron chi connectivity index (χ1n) is 12.7. The molecule has 7 rings (SSSR count). The number of nitrogens with zero attached hydrogens (tertiary/aromatic N) is 6. The maximum Gasteiger partial charge on any atom is 0.345 e. The molecule has 12 heteroatoms. The highest BCUT2D eigenvalue weighted by Gasteiger charge is 2.34. The molecule has 0 radical (unpaired) electrons. The number of hydrogen-bond donors (Lipinski definition) is 1. The van der Waals surface area contributed by atoms with Crippen molar-refractivity contribution in [1.29, 1.82) is 0 Å². The Morgan fingerprint density at radius 3 is 2.73 bits per heavy atom. The summed E-state index contributed by atoms with van der Waals surface area (Å²) in [6.07, 6.45) is 4.61. The number of aromatic nitrogens is 7. The third-order valence-corrected chi connectivity index (χ3v) is 7.35. The predicted molar refractivity (Wildman–Crippen MR) is 144 cm³/mol. The number of cyclic esters (lactones) is 1. The van der Waals surface area contributed by atoms with E-state index in [0.717, 1.165) is 28.1 Å². The number of tetrazole rings is 1. The molecular weight excluding hydrogens is 534 g/mol. The van der Waals surface area contributed by atoms with E-state index in [2.05, 4.69) is 25.5 Å². The average Bonchev–Trinajstić information content (AvgIpc) is 3.68. The standard InChI is InChI=1S/C28H22ClN7O4/c1-28(2)39-24-8-3-15(10-20(24)27(38)40-28)21-13-30-26(32-21)23-7-5-18-9-16(11-25(37)36(18)23)19-12-17(29)4-6-22(19)35-14-31-33-34-35/h3-4,6,8-14,23H,5,7H2,1-2H3,(H,30,32)/t23-/m0/s1. The Balaban J connectivity index is 1.22. The fourth-order valence-corrected chi connectivity index (χ4v) is 5.55. The van der Waals surface area contributed by atoms with Crippen molar-refractivity contribution >= 4 is 17.6 Å². The Kier molecular flexibility index (Phi) is 5.39. The second-order valence-corrected chi connectivity index (χ2v) is 10.6. The molecule has 2 aliphatic heterocycles. The first-order chi connectivity index (χ1) is 19.3. The third kappa shape index (κ3) is 4.06. The Bertz CT molecular complexity index is 1860. The summed E-state index contributed by atoms with van der Waals surface area (Å²) in [6, 6.07) is 14.1. The Morgan fingerprint density at radius 1 is 1.02 bits per heavy atom. The van der Waals surface area contributed by atoms with Gasteiger partial charge in [-0.05, 0) is 71.3 Å². The van der Waals surface area contributed by atoms with Crippen LogP contribution >= 0.6 is 11.6 Å². The van der Waals surface area contributed by atoms with Crippen molar-refractivity contribution in [3.8, 4) is 33.8 Å². The molecule has 5 heterocycles. The first kappa shape index (κ1) is 24.3. The SMILES string of the molecule is CC1(C)OC(=O)c2cc(-c3cnc([C@@H]4CCc5cc(-c6cc(Cl)ccc6-n6cnnn6)cc(=O)n54)[nH]3)ccc2O1. The van der Waals surface area contributed by atoms with Crippen molar-refractivity contribution in [1.82, 2.24) is 34.7 Å². The third-order valence-electron chi connectivity index (χ3n) is 7.11. The maximum atomic E-state index is 13.5. The number of halogens is 1. The van der Waals surface area contributed by atoms with Crippen LogP contribution in [0.3, 0.4) is 0 Å². The zero-order valence-electron chi connectivity index (χ0n) is 21.5. The van der Waals surface area contributed by atoms with Gasteiger partial charge in [-0.25, -0.2) is 9.78 Å². The van der Waals surface area contributed by atoms with E-state index >= 15 is 0 Å². The number of fused-ring (bicyclic) bond motifs is 2. The lowest BCUT2D eigenvalue weighted by molar-refractivity contribution is -0.127. The zero-order chi connectivity index (χ0) is 27.6. The second-order valence-electron chi connectivity index (χ2n) is 10.2. The summed E-state index contributed by atoms with van der Waals surface area (Å²) in [5.74, 6) is -0.321. The quantitative estimate of drug-likeness (QED) is 0.324. The Hall–Kier alpha value is -4.77. The van der Waals surface area contributed by atoms with Crippen LogP contribution < -0.4 is 10.3 Å². The van der Waals surface area contributed by atoms with Crippen LogP contribution in [0.2, 0.25) is 5.02 Å². The number of nitrogens with one attached hydrogen (secondary N) is 1. The van der Waals surface area contributed by atoms with Gasteiger partial charge in [-0.2, -0.15) is 4.68 Å². The number of ether oxygens (including phenoxy) is 2. The van der Waals surface area contributed by atoms with E-state index in [4.69, 9.17) is 21.1 Å². The number of benzene rings is 2. The molecule has 0 saturated heterocycles. The van der Waals surface area contributed by atoms with Gasteiger partial charge in [0.1, 0.15) is 23.5 Å². The molecular formula is C28H22ClN7O4. The normalized spacial score (nSPS) is 17.2. The van der Waals surface area contributed by atoms with Gasteiger partial charge in [-0.15, -0.1) is 5.10 Å². The van der Waals surface area contributed by atoms with Crippen molar-refractivity contribution in [2.45, 2.75) is 38.5 Å². The average molecular weight is 556 g/mol. The highest BCUT2D eigenvalue weighted by molar-refractivity contribution is 6.31. The number of hydrogen-bond acceptors (Lipinski definition) is 8. The van der Waals surface area contributed by atoms with Gasteiger partial charge in [-0.3, -0.25) is 4.79 Å². The fraction of sp³-hybridized carbons (Fsp3) is 0.214. The highest BCUT2D eigenvalue weighted by Crippen LogP contribution is 2.36. The van der Waals surface area contributed by atoms with Gasteiger partial charge >= 0.3 is 5.97 Å². The number of H-pyrrole nitrogens is 1. The molecule has 0 fully saturated rings. The molecule has 0 amide bonds. The van der Waals surface area contributed by atoms with Gasteiger partial charge < -0.3 is 19.0 Å². The highest BCUT2D eigenvalue weighted by atomic mass is 35.5. The number of carbonyl (C=O) groups excluding carboxylic acids is 1. The first-order valence-corrected chi connectivity index (χ1v) is 13.0. The molecule has 2 aromatic carbocycles. The molecule has 0 spiro atoms. The number of esters is 1. The van der Waals surface area contributed by atoms with Crippen molar-refractivity contribution in [3.63, 3.8) is 0 Å². The molecule has 2 aliphatic rings. The molecule has 1 atom stereocenters. The van der Waals surface area contributed by atoms with E-state index in [1.54, 1.807) is 54.9 Å². The largest absolute Gasteiger partial charge is 0.452 e. The predicted octanol–water partition coefficient (Wildman–Crippen LogP) is 4.36. The summed E-state index contributed by atoms with van der Waals surface area (Å²) >= 11 is 6.31. The van der Waals surface area contributed by atoms with Gasteiger partial charge in [0.25, 0.3) is 5.56 Å². The molecule has 0 saturated carbocycles. The molecule has 11 nitrogen and oxygen atoms in total. The van der Waals surface area contributed by atoms with Crippen molar-refractivity contribution in [2.75, 3.05) is 0 Å². The van der Waals surface area contributed by atoms with Crippen molar-refractivity contribution < 1.29 is 14.3 Å². The van der Waals surface area contributed by atoms with Gasteiger partial charge in [0.05, 0.1) is 23.6 Å². The van der Waals surface area contributed by atoms with Crippen LogP contribution in [0.15, 0.2) is 65.8 Å². The van der Waals surface area contributed by atoms with E-state index in [1.165, 1.54) is 11.0 Å². The summed E-state index contributed by atoms with van der Waals surface area (Å²) in [7, 11) is 0. The lowest BCUT2D eigenvalue weighted by Gasteiger charge is -2.31. The zero-order valence-corrected chi connectivity index (χ0v) is 22.2. The molecule has 0 bridgehead atoms. The molecule has 3 aromatic heterocycles. The second kappa shape index (κ2) is 8.88. The van der Waals surface area contributed by atoms with Crippen LogP contribution in [-0.4, -0.2) is 46.5 Å². The number of aryl methyl sites for hydroxylation is 1. The summed E-state index contributed by atoms with van der Waals surface area (Å²) in [5.41, 5.74) is 4.78. The number of imidazole rings is 1. The molecule has 1 N–H and O–H groups in total. The van der Waals surface area contributed by atoms with E-state index in [-0.39, 0.29) is 11.6 Å². The van der Waals surface area contributed by atoms with Crippen LogP contribution in [0.5, 0.6) is 5.75 Å². The van der Waals surface area contributed by atoms with Gasteiger partial charge in [0.15, 0.2) is 0 Å². The van der Waals surface area contributed by atoms with Crippen LogP contribution in [0.1, 0.15) is 48.2 Å². The minimum atomic E-state index is -1.02. The topological polar surface area (TPSA) is 130 Å². The van der Waals surface area contributed by atoms with Crippen molar-refractivity contribution in [2.24, 2.45) is 0 Å². The smallest absolute Gasteiger partial charge is 0.345 e. The maximum absolute atomic E-state index is 13.5. The minimum Gasteiger partial charge on any atom is -0.452 e. The minimum absolute atomic E-state index is 0.146. The van der Waals surface area contributed by atoms with Gasteiger partial charge in [0.2, 0.25) is 5.79 Å². The number of carbonyl (C=O) groups is 1. The number of aromatic amines is 1. The lowest BCUT2D eigenvalue weighted by atomic mass is 10.0. The van der Waals surface area contributed by atoms with Crippen LogP contribution in [0, 0.1) is 0 Å². The van der Waals surface area contributed by atoms with E-state index in [0.29, 0.717) is 40.7 Å². The summed E-state index contributed by atoms with van der Waals surface area (Å²) in [5, 5.41) is 12.0. The molecule has 0 aliphatic carbocycles. The fourth-order valence-electron chi connectivity index (χ4n) is 5.38. The van der Waals surface area contributed by atoms with Crippen LogP contribution in [0.25, 0.3) is 28.1 Å². The Labute approximate surface area is 232 Å². The summed E-state index contributed by atoms with van der Waals surface area (Å²) in [4.78, 5) is 34.0. The lowest BCUT2D eigenvalue weighted by Crippen LogP contribution is -2.38. The molecule has 40 heavy (non-hydrogen) atoms. The molecule has 200 valence electrons. The van der Waals surface area contributed by atoms with Gasteiger partial charge in [0, 0.05) is 41.8 Å². The summed E-state index contributed by atoms with van der Waals surface area (Å²) in [6.45, 7) is 3.38. The van der Waals surface area contributed by atoms with Crippen LogP contribution in [-0.2, 0) is 11.2 Å². The van der Waals surface area contributed by atoms with E-state index in [9.17, 15) is 9.59 Å². The van der Waals surface area contributed by atoms with Crippen molar-refractivity contribution in [3.05, 3.63) is 93.5 Å². The molecule has 5 aromatic rings. The van der Waals surface area contributed by atoms with Gasteiger partial charge in [-0.1, -0.05) is 11.6 Å². The van der Waals surface area contributed by atoms with Crippen LogP contribution in [0.4, 0.5) is 0 Å². The number of pyridine rings is 1. The summed E-state index contributed by atoms with van der Waals surface area (Å²) < 4.78 is 14.4. The van der Waals surface area contributed by atoms with E-state index in [1.807, 2.05) is 18.2 Å². The Morgan fingerprint density at radius 2 is 1.90 bits per heavy atom. The number of rotatable bonds is 4. The molecule has 0 unspecified atom stereocenters.